The molecule has 0 radical (unpaired) electrons. The van der Waals surface area contributed by atoms with E-state index < -0.39 is 0 Å². The molecule has 0 bridgehead atoms. The second-order valence-corrected chi connectivity index (χ2v) is 10.7. The smallest absolute Gasteiger partial charge is 0.254 e. The van der Waals surface area contributed by atoms with E-state index in [2.05, 4.69) is 93.6 Å². The minimum absolute atomic E-state index is 0.122. The second-order valence-electron chi connectivity index (χ2n) is 9.97. The van der Waals surface area contributed by atoms with Gasteiger partial charge in [-0.3, -0.25) is 9.69 Å². The fraction of sp³-hybridized carbons (Fsp3) is 0.290. The summed E-state index contributed by atoms with van der Waals surface area (Å²) in [7, 11) is 0. The lowest BCUT2D eigenvalue weighted by Gasteiger charge is -2.37. The van der Waals surface area contributed by atoms with Crippen LogP contribution in [0, 0.1) is 0 Å². The van der Waals surface area contributed by atoms with Crippen molar-refractivity contribution in [3.63, 3.8) is 0 Å². The van der Waals surface area contributed by atoms with E-state index in [0.29, 0.717) is 19.0 Å². The highest BCUT2D eigenvalue weighted by Crippen LogP contribution is 2.30. The van der Waals surface area contributed by atoms with Gasteiger partial charge >= 0.3 is 0 Å². The highest BCUT2D eigenvalue weighted by molar-refractivity contribution is 7.07. The SMILES string of the molecule is O=C1c2cc(N3CCN(CCC(c4ccccc4)c4ccccc4)CC3)ccc2CN1Cc1cscn1. The summed E-state index contributed by atoms with van der Waals surface area (Å²) in [5.41, 5.74) is 8.69. The monoisotopic (exact) mass is 508 g/mol. The number of amides is 1. The first-order chi connectivity index (χ1) is 18.2. The van der Waals surface area contributed by atoms with Crippen LogP contribution in [-0.2, 0) is 13.1 Å². The number of rotatable bonds is 8. The minimum Gasteiger partial charge on any atom is -0.369 e. The number of piperazine rings is 1. The number of benzene rings is 3. The molecule has 0 spiro atoms. The molecule has 6 rings (SSSR count). The molecule has 37 heavy (non-hydrogen) atoms. The Morgan fingerprint density at radius 1 is 0.865 bits per heavy atom. The van der Waals surface area contributed by atoms with Crippen LogP contribution in [0.4, 0.5) is 5.69 Å². The summed E-state index contributed by atoms with van der Waals surface area (Å²) < 4.78 is 0. The molecule has 3 aromatic carbocycles. The van der Waals surface area contributed by atoms with E-state index in [0.717, 1.165) is 61.7 Å². The van der Waals surface area contributed by atoms with E-state index >= 15 is 0 Å². The Balaban J connectivity index is 1.06. The molecule has 0 aliphatic carbocycles. The lowest BCUT2D eigenvalue weighted by molar-refractivity contribution is 0.0765. The van der Waals surface area contributed by atoms with Gasteiger partial charge in [-0.1, -0.05) is 66.7 Å². The van der Waals surface area contributed by atoms with Crippen LogP contribution in [0.15, 0.2) is 89.8 Å². The summed E-state index contributed by atoms with van der Waals surface area (Å²) in [5, 5.41) is 2.02. The molecule has 3 heterocycles. The lowest BCUT2D eigenvalue weighted by atomic mass is 9.88. The zero-order valence-electron chi connectivity index (χ0n) is 21.0. The minimum atomic E-state index is 0.122. The molecule has 0 N–H and O–H groups in total. The summed E-state index contributed by atoms with van der Waals surface area (Å²) in [5.74, 6) is 0.534. The number of nitrogens with zero attached hydrogens (tertiary/aromatic N) is 4. The van der Waals surface area contributed by atoms with Gasteiger partial charge in [0.2, 0.25) is 0 Å². The first kappa shape index (κ1) is 23.9. The number of anilines is 1. The highest BCUT2D eigenvalue weighted by atomic mass is 32.1. The molecule has 2 aliphatic rings. The van der Waals surface area contributed by atoms with E-state index in [4.69, 9.17) is 0 Å². The summed E-state index contributed by atoms with van der Waals surface area (Å²) in [6, 6.07) is 28.2. The number of thiazole rings is 1. The standard InChI is InChI=1S/C31H32N4OS/c36-31-30-19-28(12-11-26(30)20-35(31)21-27-22-37-23-32-27)34-17-15-33(16-18-34)14-13-29(24-7-3-1-4-8-24)25-9-5-2-6-10-25/h1-12,19,22-23,29H,13-18,20-21H2. The third-order valence-corrected chi connectivity index (χ3v) is 8.32. The number of carbonyl (C=O) groups excluding carboxylic acids is 1. The second kappa shape index (κ2) is 10.9. The van der Waals surface area contributed by atoms with Crippen molar-refractivity contribution >= 4 is 22.9 Å². The van der Waals surface area contributed by atoms with Crippen LogP contribution in [0.2, 0.25) is 0 Å². The molecule has 0 atom stereocenters. The van der Waals surface area contributed by atoms with E-state index in [1.165, 1.54) is 11.1 Å². The molecule has 1 saturated heterocycles. The van der Waals surface area contributed by atoms with Crippen LogP contribution in [0.5, 0.6) is 0 Å². The molecule has 0 saturated carbocycles. The van der Waals surface area contributed by atoms with Crippen LogP contribution in [0.1, 0.15) is 45.1 Å². The van der Waals surface area contributed by atoms with Gasteiger partial charge in [-0.05, 0) is 41.8 Å². The number of hydrogen-bond acceptors (Lipinski definition) is 5. The largest absolute Gasteiger partial charge is 0.369 e. The summed E-state index contributed by atoms with van der Waals surface area (Å²) in [6.07, 6.45) is 1.11. The molecular formula is C31H32N4OS. The van der Waals surface area contributed by atoms with Gasteiger partial charge in [-0.15, -0.1) is 11.3 Å². The van der Waals surface area contributed by atoms with Gasteiger partial charge in [0.25, 0.3) is 5.91 Å². The summed E-state index contributed by atoms with van der Waals surface area (Å²) in [6.45, 7) is 6.38. The fourth-order valence-corrected chi connectivity index (χ4v) is 6.17. The Bertz CT molecular complexity index is 1280. The van der Waals surface area contributed by atoms with Gasteiger partial charge in [0.15, 0.2) is 0 Å². The van der Waals surface area contributed by atoms with Crippen molar-refractivity contribution in [2.45, 2.75) is 25.4 Å². The maximum absolute atomic E-state index is 13.1. The Hall–Kier alpha value is -3.48. The van der Waals surface area contributed by atoms with Crippen LogP contribution >= 0.6 is 11.3 Å². The van der Waals surface area contributed by atoms with Gasteiger partial charge in [0.05, 0.1) is 17.7 Å². The van der Waals surface area contributed by atoms with E-state index in [9.17, 15) is 4.79 Å². The average Bonchev–Trinajstić information content (AvgIpc) is 3.58. The molecule has 1 amide bonds. The number of fused-ring (bicyclic) bond motifs is 1. The molecule has 1 fully saturated rings. The van der Waals surface area contributed by atoms with Gasteiger partial charge in [0, 0.05) is 55.3 Å². The van der Waals surface area contributed by atoms with E-state index in [-0.39, 0.29) is 5.91 Å². The normalized spacial score (nSPS) is 16.0. The number of aromatic nitrogens is 1. The topological polar surface area (TPSA) is 39.7 Å². The average molecular weight is 509 g/mol. The molecule has 1 aromatic heterocycles. The van der Waals surface area contributed by atoms with Crippen LogP contribution in [-0.4, -0.2) is 53.4 Å². The first-order valence-electron chi connectivity index (χ1n) is 13.1. The van der Waals surface area contributed by atoms with E-state index in [1.54, 1.807) is 11.3 Å². The Morgan fingerprint density at radius 2 is 1.57 bits per heavy atom. The van der Waals surface area contributed by atoms with Crippen molar-refractivity contribution in [2.75, 3.05) is 37.6 Å². The Kier molecular flexibility index (Phi) is 7.02. The van der Waals surface area contributed by atoms with Crippen LogP contribution < -0.4 is 4.90 Å². The molecule has 6 heteroatoms. The third kappa shape index (κ3) is 5.31. The number of hydrogen-bond donors (Lipinski definition) is 0. The summed E-state index contributed by atoms with van der Waals surface area (Å²) >= 11 is 1.57. The Labute approximate surface area is 223 Å². The molecule has 5 nitrogen and oxygen atoms in total. The van der Waals surface area contributed by atoms with Gasteiger partial charge < -0.3 is 9.80 Å². The number of carbonyl (C=O) groups is 1. The van der Waals surface area contributed by atoms with Crippen molar-refractivity contribution in [1.29, 1.82) is 0 Å². The predicted molar refractivity (Wildman–Crippen MR) is 150 cm³/mol. The van der Waals surface area contributed by atoms with Crippen molar-refractivity contribution in [3.05, 3.63) is 118 Å². The molecule has 2 aliphatic heterocycles. The molecule has 0 unspecified atom stereocenters. The predicted octanol–water partition coefficient (Wildman–Crippen LogP) is 5.64. The zero-order chi connectivity index (χ0) is 25.0. The maximum Gasteiger partial charge on any atom is 0.254 e. The van der Waals surface area contributed by atoms with Gasteiger partial charge in [-0.2, -0.15) is 0 Å². The maximum atomic E-state index is 13.1. The third-order valence-electron chi connectivity index (χ3n) is 7.68. The quantitative estimate of drug-likeness (QED) is 0.309. The van der Waals surface area contributed by atoms with Crippen molar-refractivity contribution in [2.24, 2.45) is 0 Å². The van der Waals surface area contributed by atoms with Crippen LogP contribution in [0.3, 0.4) is 0 Å². The Morgan fingerprint density at radius 3 is 2.22 bits per heavy atom. The van der Waals surface area contributed by atoms with Gasteiger partial charge in [0.1, 0.15) is 0 Å². The fourth-order valence-electron chi connectivity index (χ4n) is 5.62. The molecular weight excluding hydrogens is 476 g/mol. The summed E-state index contributed by atoms with van der Waals surface area (Å²) in [4.78, 5) is 24.3. The van der Waals surface area contributed by atoms with E-state index in [1.807, 2.05) is 15.8 Å². The van der Waals surface area contributed by atoms with Crippen molar-refractivity contribution in [1.82, 2.24) is 14.8 Å². The first-order valence-corrected chi connectivity index (χ1v) is 14.1. The zero-order valence-corrected chi connectivity index (χ0v) is 21.8. The van der Waals surface area contributed by atoms with Crippen LogP contribution in [0.25, 0.3) is 0 Å². The highest BCUT2D eigenvalue weighted by Gasteiger charge is 2.29. The van der Waals surface area contributed by atoms with Gasteiger partial charge in [-0.25, -0.2) is 4.98 Å². The van der Waals surface area contributed by atoms with Crippen molar-refractivity contribution in [3.8, 4) is 0 Å². The lowest BCUT2D eigenvalue weighted by Crippen LogP contribution is -2.46. The molecule has 188 valence electrons. The van der Waals surface area contributed by atoms with Crippen molar-refractivity contribution < 1.29 is 4.79 Å². The molecule has 4 aromatic rings.